The number of aliphatic hydroxyl groups is 1. The molecule has 1 N–H and O–H groups in total. The highest BCUT2D eigenvalue weighted by Gasteiger charge is 2.09. The maximum Gasteiger partial charge on any atom is 0.0584 e. The lowest BCUT2D eigenvalue weighted by Gasteiger charge is -2.12. The Morgan fingerprint density at radius 2 is 1.95 bits per heavy atom. The zero-order valence-corrected chi connectivity index (χ0v) is 11.8. The van der Waals surface area contributed by atoms with Crippen LogP contribution in [0.15, 0.2) is 42.7 Å². The molecule has 2 rings (SSSR count). The van der Waals surface area contributed by atoms with E-state index in [4.69, 9.17) is 11.6 Å². The Balaban J connectivity index is 1.89. The summed E-state index contributed by atoms with van der Waals surface area (Å²) < 4.78 is 0. The molecule has 0 saturated heterocycles. The zero-order valence-electron chi connectivity index (χ0n) is 11.0. The molecule has 3 heteroatoms. The fraction of sp³-hybridized carbons (Fsp3) is 0.312. The first-order chi connectivity index (χ1) is 9.15. The van der Waals surface area contributed by atoms with Crippen LogP contribution in [-0.2, 0) is 12.8 Å². The molecule has 0 bridgehead atoms. The van der Waals surface area contributed by atoms with Crippen LogP contribution in [0.4, 0.5) is 0 Å². The lowest BCUT2D eigenvalue weighted by molar-refractivity contribution is 0.165. The van der Waals surface area contributed by atoms with Crippen molar-refractivity contribution in [3.8, 4) is 0 Å². The van der Waals surface area contributed by atoms with E-state index in [0.717, 1.165) is 29.0 Å². The summed E-state index contributed by atoms with van der Waals surface area (Å²) >= 11 is 6.17. The molecule has 100 valence electrons. The van der Waals surface area contributed by atoms with Gasteiger partial charge < -0.3 is 5.11 Å². The minimum atomic E-state index is -0.367. The molecule has 0 fully saturated rings. The standard InChI is InChI=1S/C16H18ClNO/c1-12-2-4-14(16(17)10-12)11-15(19)5-3-13-6-8-18-9-7-13/h2,4,6-10,15,19H,3,5,11H2,1H3. The summed E-state index contributed by atoms with van der Waals surface area (Å²) in [6.07, 6.45) is 5.37. The van der Waals surface area contributed by atoms with Crippen molar-refractivity contribution in [3.05, 3.63) is 64.4 Å². The monoisotopic (exact) mass is 275 g/mol. The van der Waals surface area contributed by atoms with Gasteiger partial charge in [0.2, 0.25) is 0 Å². The molecule has 19 heavy (non-hydrogen) atoms. The number of halogens is 1. The molecular weight excluding hydrogens is 258 g/mol. The molecule has 1 unspecified atom stereocenters. The Bertz CT molecular complexity index is 528. The largest absolute Gasteiger partial charge is 0.393 e. The van der Waals surface area contributed by atoms with E-state index in [-0.39, 0.29) is 6.10 Å². The molecule has 1 aromatic heterocycles. The Kier molecular flexibility index (Phi) is 4.94. The second kappa shape index (κ2) is 6.69. The van der Waals surface area contributed by atoms with E-state index in [9.17, 15) is 5.11 Å². The van der Waals surface area contributed by atoms with Gasteiger partial charge in [-0.3, -0.25) is 4.98 Å². The van der Waals surface area contributed by atoms with E-state index in [0.29, 0.717) is 6.42 Å². The number of nitrogens with zero attached hydrogens (tertiary/aromatic N) is 1. The third-order valence-electron chi connectivity index (χ3n) is 3.18. The zero-order chi connectivity index (χ0) is 13.7. The van der Waals surface area contributed by atoms with Crippen LogP contribution in [-0.4, -0.2) is 16.2 Å². The quantitative estimate of drug-likeness (QED) is 0.905. The first-order valence-electron chi connectivity index (χ1n) is 6.47. The molecule has 0 spiro atoms. The van der Waals surface area contributed by atoms with E-state index < -0.39 is 0 Å². The number of pyridine rings is 1. The first kappa shape index (κ1) is 14.0. The molecule has 1 heterocycles. The van der Waals surface area contributed by atoms with Crippen LogP contribution in [0.2, 0.25) is 5.02 Å². The predicted molar refractivity (Wildman–Crippen MR) is 78.5 cm³/mol. The topological polar surface area (TPSA) is 33.1 Å². The van der Waals surface area contributed by atoms with E-state index in [2.05, 4.69) is 4.98 Å². The number of hydrogen-bond donors (Lipinski definition) is 1. The van der Waals surface area contributed by atoms with Gasteiger partial charge in [0.15, 0.2) is 0 Å². The maximum atomic E-state index is 10.1. The van der Waals surface area contributed by atoms with E-state index in [1.54, 1.807) is 12.4 Å². The summed E-state index contributed by atoms with van der Waals surface area (Å²) in [5, 5.41) is 10.8. The van der Waals surface area contributed by atoms with E-state index in [1.807, 2.05) is 37.3 Å². The highest BCUT2D eigenvalue weighted by Crippen LogP contribution is 2.20. The number of hydrogen-bond acceptors (Lipinski definition) is 2. The Labute approximate surface area is 119 Å². The summed E-state index contributed by atoms with van der Waals surface area (Å²) in [4.78, 5) is 3.98. The van der Waals surface area contributed by atoms with Crippen molar-refractivity contribution in [1.29, 1.82) is 0 Å². The van der Waals surface area contributed by atoms with Crippen molar-refractivity contribution in [1.82, 2.24) is 4.98 Å². The Morgan fingerprint density at radius 3 is 2.63 bits per heavy atom. The normalized spacial score (nSPS) is 12.4. The average Bonchev–Trinajstić information content (AvgIpc) is 2.41. The first-order valence-corrected chi connectivity index (χ1v) is 6.85. The van der Waals surface area contributed by atoms with Gasteiger partial charge >= 0.3 is 0 Å². The summed E-state index contributed by atoms with van der Waals surface area (Å²) in [6.45, 7) is 2.01. The van der Waals surface area contributed by atoms with Crippen LogP contribution in [0, 0.1) is 6.92 Å². The van der Waals surface area contributed by atoms with Crippen LogP contribution < -0.4 is 0 Å². The van der Waals surface area contributed by atoms with Gasteiger partial charge in [0, 0.05) is 17.4 Å². The minimum Gasteiger partial charge on any atom is -0.393 e. The van der Waals surface area contributed by atoms with Gasteiger partial charge in [0.25, 0.3) is 0 Å². The predicted octanol–water partition coefficient (Wildman–Crippen LogP) is 3.58. The molecule has 1 aromatic carbocycles. The smallest absolute Gasteiger partial charge is 0.0584 e. The van der Waals surface area contributed by atoms with Crippen molar-refractivity contribution in [2.45, 2.75) is 32.3 Å². The van der Waals surface area contributed by atoms with Crippen molar-refractivity contribution in [2.75, 3.05) is 0 Å². The van der Waals surface area contributed by atoms with Crippen molar-refractivity contribution in [3.63, 3.8) is 0 Å². The van der Waals surface area contributed by atoms with Gasteiger partial charge in [0.1, 0.15) is 0 Å². The molecule has 2 nitrogen and oxygen atoms in total. The number of aromatic nitrogens is 1. The molecule has 1 atom stereocenters. The molecule has 0 aliphatic carbocycles. The van der Waals surface area contributed by atoms with Gasteiger partial charge in [-0.25, -0.2) is 0 Å². The second-order valence-electron chi connectivity index (χ2n) is 4.85. The number of benzene rings is 1. The van der Waals surface area contributed by atoms with Crippen LogP contribution >= 0.6 is 11.6 Å². The molecule has 0 saturated carbocycles. The second-order valence-corrected chi connectivity index (χ2v) is 5.25. The van der Waals surface area contributed by atoms with Gasteiger partial charge in [-0.2, -0.15) is 0 Å². The highest BCUT2D eigenvalue weighted by molar-refractivity contribution is 6.31. The number of aryl methyl sites for hydroxylation is 2. The van der Waals surface area contributed by atoms with Crippen LogP contribution in [0.1, 0.15) is 23.1 Å². The average molecular weight is 276 g/mol. The Hall–Kier alpha value is -1.38. The molecular formula is C16H18ClNO. The van der Waals surface area contributed by atoms with Crippen LogP contribution in [0.3, 0.4) is 0 Å². The Morgan fingerprint density at radius 1 is 1.21 bits per heavy atom. The summed E-state index contributed by atoms with van der Waals surface area (Å²) in [7, 11) is 0. The van der Waals surface area contributed by atoms with Crippen LogP contribution in [0.25, 0.3) is 0 Å². The number of aliphatic hydroxyl groups excluding tert-OH is 1. The fourth-order valence-corrected chi connectivity index (χ4v) is 2.37. The third-order valence-corrected chi connectivity index (χ3v) is 3.53. The third kappa shape index (κ3) is 4.34. The SMILES string of the molecule is Cc1ccc(CC(O)CCc2ccncc2)c(Cl)c1. The fourth-order valence-electron chi connectivity index (χ4n) is 2.06. The molecule has 0 radical (unpaired) electrons. The van der Waals surface area contributed by atoms with E-state index >= 15 is 0 Å². The van der Waals surface area contributed by atoms with Crippen molar-refractivity contribution < 1.29 is 5.11 Å². The molecule has 0 aliphatic rings. The van der Waals surface area contributed by atoms with Gasteiger partial charge in [-0.15, -0.1) is 0 Å². The molecule has 2 aromatic rings. The van der Waals surface area contributed by atoms with E-state index in [1.165, 1.54) is 5.56 Å². The lowest BCUT2D eigenvalue weighted by Crippen LogP contribution is -2.12. The maximum absolute atomic E-state index is 10.1. The molecule has 0 aliphatic heterocycles. The van der Waals surface area contributed by atoms with Crippen molar-refractivity contribution in [2.24, 2.45) is 0 Å². The highest BCUT2D eigenvalue weighted by atomic mass is 35.5. The van der Waals surface area contributed by atoms with Crippen molar-refractivity contribution >= 4 is 11.6 Å². The van der Waals surface area contributed by atoms with Gasteiger partial charge in [-0.05, 0) is 61.1 Å². The summed E-state index contributed by atoms with van der Waals surface area (Å²) in [5.74, 6) is 0. The van der Waals surface area contributed by atoms with Gasteiger partial charge in [-0.1, -0.05) is 23.7 Å². The molecule has 0 amide bonds. The summed E-state index contributed by atoms with van der Waals surface area (Å²) in [5.41, 5.74) is 3.35. The summed E-state index contributed by atoms with van der Waals surface area (Å²) in [6, 6.07) is 9.91. The lowest BCUT2D eigenvalue weighted by atomic mass is 10.0. The van der Waals surface area contributed by atoms with Gasteiger partial charge in [0.05, 0.1) is 6.10 Å². The van der Waals surface area contributed by atoms with Crippen LogP contribution in [0.5, 0.6) is 0 Å². The number of rotatable bonds is 5. The minimum absolute atomic E-state index is 0.367.